The number of hydrogen-bond donors (Lipinski definition) is 1. The van der Waals surface area contributed by atoms with E-state index >= 15 is 0 Å². The van der Waals surface area contributed by atoms with Crippen LogP contribution in [0.4, 0.5) is 0 Å². The molecule has 33 heavy (non-hydrogen) atoms. The minimum atomic E-state index is -3.87. The molecule has 0 saturated carbocycles. The van der Waals surface area contributed by atoms with E-state index in [1.54, 1.807) is 17.8 Å². The zero-order chi connectivity index (χ0) is 23.7. The highest BCUT2D eigenvalue weighted by Gasteiger charge is 2.26. The third-order valence-electron chi connectivity index (χ3n) is 5.01. The van der Waals surface area contributed by atoms with Crippen molar-refractivity contribution >= 4 is 27.7 Å². The number of carbonyl (C=O) groups is 1. The highest BCUT2D eigenvalue weighted by Crippen LogP contribution is 2.28. The largest absolute Gasteiger partial charge is 0.495 e. The first-order chi connectivity index (χ1) is 15.9. The van der Waals surface area contributed by atoms with Crippen LogP contribution >= 0.6 is 11.8 Å². The molecule has 0 saturated heterocycles. The Morgan fingerprint density at radius 1 is 0.970 bits per heavy atom. The molecule has 0 bridgehead atoms. The zero-order valence-corrected chi connectivity index (χ0v) is 20.4. The van der Waals surface area contributed by atoms with Crippen molar-refractivity contribution in [1.29, 1.82) is 0 Å². The lowest BCUT2D eigenvalue weighted by molar-refractivity contribution is 0.0956. The minimum absolute atomic E-state index is 0.0328. The molecule has 3 aromatic rings. The fraction of sp³-hybridized carbons (Fsp3) is 0.240. The van der Waals surface area contributed by atoms with Crippen LogP contribution in [-0.2, 0) is 22.3 Å². The Hall–Kier alpha value is -2.81. The molecule has 3 rings (SSSR count). The van der Waals surface area contributed by atoms with Gasteiger partial charge in [-0.05, 0) is 29.3 Å². The first kappa shape index (κ1) is 24.8. The van der Waals surface area contributed by atoms with E-state index in [9.17, 15) is 13.2 Å². The number of benzene rings is 3. The van der Waals surface area contributed by atoms with E-state index < -0.39 is 10.0 Å². The summed E-state index contributed by atoms with van der Waals surface area (Å²) in [7, 11) is -0.947. The molecular formula is C25H28N2O4S2. The van der Waals surface area contributed by atoms with Crippen LogP contribution in [0.5, 0.6) is 5.75 Å². The van der Waals surface area contributed by atoms with Crippen LogP contribution in [0.2, 0.25) is 0 Å². The SMILES string of the molecule is COc1ccc(C(=O)NCCSCc2ccccc2)cc1S(=O)(=O)N(C)Cc1ccccc1. The molecule has 1 amide bonds. The number of nitrogens with one attached hydrogen (secondary N) is 1. The molecule has 0 aromatic heterocycles. The molecule has 3 aromatic carbocycles. The molecule has 1 N–H and O–H groups in total. The second kappa shape index (κ2) is 11.9. The number of hydrogen-bond acceptors (Lipinski definition) is 5. The Morgan fingerprint density at radius 2 is 1.61 bits per heavy atom. The quantitative estimate of drug-likeness (QED) is 0.413. The molecule has 0 aliphatic heterocycles. The second-order valence-electron chi connectivity index (χ2n) is 7.41. The van der Waals surface area contributed by atoms with Crippen molar-refractivity contribution in [2.45, 2.75) is 17.2 Å². The van der Waals surface area contributed by atoms with Crippen molar-refractivity contribution in [1.82, 2.24) is 9.62 Å². The Bertz CT molecular complexity index is 1150. The third-order valence-corrected chi connectivity index (χ3v) is 7.86. The molecule has 174 valence electrons. The van der Waals surface area contributed by atoms with Gasteiger partial charge in [0.1, 0.15) is 10.6 Å². The van der Waals surface area contributed by atoms with Crippen LogP contribution < -0.4 is 10.1 Å². The summed E-state index contributed by atoms with van der Waals surface area (Å²) in [6.07, 6.45) is 0. The Morgan fingerprint density at radius 3 is 2.24 bits per heavy atom. The summed E-state index contributed by atoms with van der Waals surface area (Å²) >= 11 is 1.72. The molecule has 0 aliphatic rings. The molecule has 0 aliphatic carbocycles. The summed E-state index contributed by atoms with van der Waals surface area (Å²) in [6, 6.07) is 23.9. The van der Waals surface area contributed by atoms with E-state index in [0.29, 0.717) is 6.54 Å². The Balaban J connectivity index is 1.64. The minimum Gasteiger partial charge on any atom is -0.495 e. The lowest BCUT2D eigenvalue weighted by atomic mass is 10.2. The van der Waals surface area contributed by atoms with E-state index in [-0.39, 0.29) is 28.7 Å². The monoisotopic (exact) mass is 484 g/mol. The zero-order valence-electron chi connectivity index (χ0n) is 18.7. The van der Waals surface area contributed by atoms with Crippen LogP contribution in [-0.4, -0.2) is 45.1 Å². The van der Waals surface area contributed by atoms with Gasteiger partial charge >= 0.3 is 0 Å². The van der Waals surface area contributed by atoms with Gasteiger partial charge in [0.2, 0.25) is 10.0 Å². The first-order valence-corrected chi connectivity index (χ1v) is 13.1. The van der Waals surface area contributed by atoms with Gasteiger partial charge in [-0.25, -0.2) is 8.42 Å². The van der Waals surface area contributed by atoms with Gasteiger partial charge < -0.3 is 10.1 Å². The maximum atomic E-state index is 13.2. The number of sulfonamides is 1. The summed E-state index contributed by atoms with van der Waals surface area (Å²) in [5.41, 5.74) is 2.37. The summed E-state index contributed by atoms with van der Waals surface area (Å²) in [6.45, 7) is 0.694. The lowest BCUT2D eigenvalue weighted by Crippen LogP contribution is -2.28. The first-order valence-electron chi connectivity index (χ1n) is 10.5. The number of nitrogens with zero attached hydrogens (tertiary/aromatic N) is 1. The van der Waals surface area contributed by atoms with Crippen molar-refractivity contribution in [3.63, 3.8) is 0 Å². The smallest absolute Gasteiger partial charge is 0.251 e. The summed E-state index contributed by atoms with van der Waals surface area (Å²) in [4.78, 5) is 12.6. The fourth-order valence-corrected chi connectivity index (χ4v) is 5.37. The van der Waals surface area contributed by atoms with E-state index in [1.165, 1.54) is 36.2 Å². The predicted octanol–water partition coefficient (Wildman–Crippen LogP) is 4.18. The van der Waals surface area contributed by atoms with Crippen LogP contribution in [0.1, 0.15) is 21.5 Å². The van der Waals surface area contributed by atoms with Gasteiger partial charge in [0.15, 0.2) is 0 Å². The molecule has 0 radical (unpaired) electrons. The fourth-order valence-electron chi connectivity index (χ4n) is 3.22. The number of carbonyl (C=O) groups excluding carboxylic acids is 1. The van der Waals surface area contributed by atoms with Crippen LogP contribution in [0.15, 0.2) is 83.8 Å². The van der Waals surface area contributed by atoms with Crippen molar-refractivity contribution in [3.05, 3.63) is 95.6 Å². The van der Waals surface area contributed by atoms with Crippen LogP contribution in [0.25, 0.3) is 0 Å². The summed E-state index contributed by atoms with van der Waals surface area (Å²) < 4.78 is 33.0. The topological polar surface area (TPSA) is 75.7 Å². The number of thioether (sulfide) groups is 1. The molecule has 0 spiro atoms. The number of methoxy groups -OCH3 is 1. The van der Waals surface area contributed by atoms with Gasteiger partial charge in [-0.3, -0.25) is 4.79 Å². The standard InChI is InChI=1S/C25H28N2O4S2/c1-27(18-20-9-5-3-6-10-20)33(29,30)24-17-22(13-14-23(24)31-2)25(28)26-15-16-32-19-21-11-7-4-8-12-21/h3-14,17H,15-16,18-19H2,1-2H3,(H,26,28). The average Bonchev–Trinajstić information content (AvgIpc) is 2.84. The van der Waals surface area contributed by atoms with Gasteiger partial charge in [0.05, 0.1) is 7.11 Å². The van der Waals surface area contributed by atoms with Gasteiger partial charge in [-0.15, -0.1) is 0 Å². The van der Waals surface area contributed by atoms with Crippen LogP contribution in [0, 0.1) is 0 Å². The number of amides is 1. The van der Waals surface area contributed by atoms with Gasteiger partial charge in [0.25, 0.3) is 5.91 Å². The lowest BCUT2D eigenvalue weighted by Gasteiger charge is -2.19. The van der Waals surface area contributed by atoms with Gasteiger partial charge in [-0.2, -0.15) is 16.1 Å². The second-order valence-corrected chi connectivity index (χ2v) is 10.5. The number of rotatable bonds is 11. The summed E-state index contributed by atoms with van der Waals surface area (Å²) in [5.74, 6) is 1.50. The predicted molar refractivity (Wildman–Crippen MR) is 133 cm³/mol. The highest BCUT2D eigenvalue weighted by atomic mass is 32.2. The summed E-state index contributed by atoms with van der Waals surface area (Å²) in [5, 5.41) is 2.86. The Kier molecular flexibility index (Phi) is 8.94. The maximum absolute atomic E-state index is 13.2. The van der Waals surface area contributed by atoms with Gasteiger partial charge in [0, 0.05) is 37.2 Å². The molecular weight excluding hydrogens is 456 g/mol. The molecule has 0 atom stereocenters. The maximum Gasteiger partial charge on any atom is 0.251 e. The van der Waals surface area contributed by atoms with Crippen molar-refractivity contribution in [2.24, 2.45) is 0 Å². The number of ether oxygens (including phenoxy) is 1. The van der Waals surface area contributed by atoms with E-state index in [0.717, 1.165) is 17.1 Å². The Labute approximate surface area is 200 Å². The van der Waals surface area contributed by atoms with Crippen molar-refractivity contribution < 1.29 is 17.9 Å². The molecule has 6 nitrogen and oxygen atoms in total. The van der Waals surface area contributed by atoms with Crippen molar-refractivity contribution in [3.8, 4) is 5.75 Å². The normalized spacial score (nSPS) is 11.4. The van der Waals surface area contributed by atoms with E-state index in [1.807, 2.05) is 48.5 Å². The molecule has 8 heteroatoms. The average molecular weight is 485 g/mol. The van der Waals surface area contributed by atoms with Gasteiger partial charge in [-0.1, -0.05) is 60.7 Å². The molecule has 0 unspecified atom stereocenters. The highest BCUT2D eigenvalue weighted by molar-refractivity contribution is 7.98. The van der Waals surface area contributed by atoms with Crippen LogP contribution in [0.3, 0.4) is 0 Å². The van der Waals surface area contributed by atoms with Crippen molar-refractivity contribution in [2.75, 3.05) is 26.5 Å². The third kappa shape index (κ3) is 6.83. The van der Waals surface area contributed by atoms with E-state index in [2.05, 4.69) is 17.4 Å². The molecule has 0 fully saturated rings. The van der Waals surface area contributed by atoms with E-state index in [4.69, 9.17) is 4.74 Å². The molecule has 0 heterocycles.